The molecule has 1 fully saturated rings. The number of halogens is 1. The molecule has 0 radical (unpaired) electrons. The number of likely N-dealkylation sites (N-methyl/N-ethyl adjacent to an activating group) is 1. The molecule has 0 bridgehead atoms. The number of nitrogens with one attached hydrogen (secondary N) is 3. The van der Waals surface area contributed by atoms with Gasteiger partial charge < -0.3 is 25.6 Å². The van der Waals surface area contributed by atoms with Crippen LogP contribution in [0.3, 0.4) is 0 Å². The first kappa shape index (κ1) is 24.7. The van der Waals surface area contributed by atoms with E-state index in [4.69, 9.17) is 11.6 Å². The fourth-order valence-corrected chi connectivity index (χ4v) is 6.07. The zero-order valence-electron chi connectivity index (χ0n) is 19.7. The number of amides is 2. The van der Waals surface area contributed by atoms with Crippen LogP contribution in [0.15, 0.2) is 24.3 Å². The molecule has 4 N–H and O–H groups in total. The van der Waals surface area contributed by atoms with E-state index in [0.717, 1.165) is 41.0 Å². The predicted molar refractivity (Wildman–Crippen MR) is 137 cm³/mol. The number of rotatable bonds is 6. The zero-order valence-corrected chi connectivity index (χ0v) is 21.3. The maximum absolute atomic E-state index is 13.1. The molecule has 190 valence electrons. The number of aromatic nitrogens is 2. The molecule has 36 heavy (non-hydrogen) atoms. The van der Waals surface area contributed by atoms with Gasteiger partial charge in [-0.1, -0.05) is 11.6 Å². The Kier molecular flexibility index (Phi) is 6.98. The molecule has 1 aromatic carbocycles. The normalized spacial score (nSPS) is 20.7. The Labute approximate surface area is 216 Å². The third kappa shape index (κ3) is 5.39. The van der Waals surface area contributed by atoms with E-state index in [1.54, 1.807) is 23.1 Å². The zero-order chi connectivity index (χ0) is 25.4. The third-order valence-electron chi connectivity index (χ3n) is 6.63. The number of likely N-dealkylation sites (tertiary alicyclic amines) is 1. The molecule has 12 heteroatoms. The first-order valence-electron chi connectivity index (χ1n) is 11.8. The van der Waals surface area contributed by atoms with Crippen LogP contribution in [-0.2, 0) is 17.8 Å². The molecular weight excluding hydrogens is 504 g/mol. The Bertz CT molecular complexity index is 1320. The highest BCUT2D eigenvalue weighted by Gasteiger charge is 2.34. The number of carboxylic acids is 1. The Hall–Kier alpha value is -2.99. The van der Waals surface area contributed by atoms with Crippen LogP contribution < -0.4 is 10.6 Å². The highest BCUT2D eigenvalue weighted by Crippen LogP contribution is 2.25. The molecule has 0 spiro atoms. The molecule has 2 aliphatic rings. The number of carbonyl (C=O) groups is 3. The standard InChI is InChI=1S/C24H27ClN6O4S/c1-30-6-4-17-20(11-30)36-24(29-17)23(35)28-19-10-31(12-21(32)33)7-5-16(19)27-22(34)18-9-13-8-14(25)2-3-15(13)26-18/h2-3,8-9,16,19,26H,4-7,10-12H2,1H3,(H,27,34)(H,28,35)(H,32,33)/t16-,19?/m0/s1. The maximum atomic E-state index is 13.1. The first-order chi connectivity index (χ1) is 17.2. The van der Waals surface area contributed by atoms with Gasteiger partial charge in [0.25, 0.3) is 11.8 Å². The molecular formula is C24H27ClN6O4S. The van der Waals surface area contributed by atoms with Gasteiger partial charge in [-0.05, 0) is 37.7 Å². The van der Waals surface area contributed by atoms with Crippen molar-refractivity contribution in [3.05, 3.63) is 50.6 Å². The van der Waals surface area contributed by atoms with Crippen molar-refractivity contribution in [1.29, 1.82) is 0 Å². The number of fused-ring (bicyclic) bond motifs is 2. The van der Waals surface area contributed by atoms with Crippen LogP contribution in [0, 0.1) is 0 Å². The van der Waals surface area contributed by atoms with Gasteiger partial charge in [0.15, 0.2) is 5.01 Å². The Morgan fingerprint density at radius 1 is 1.19 bits per heavy atom. The van der Waals surface area contributed by atoms with Crippen molar-refractivity contribution in [2.24, 2.45) is 0 Å². The van der Waals surface area contributed by atoms with E-state index < -0.39 is 12.0 Å². The van der Waals surface area contributed by atoms with Gasteiger partial charge in [0, 0.05) is 53.4 Å². The largest absolute Gasteiger partial charge is 0.480 e. The van der Waals surface area contributed by atoms with Crippen molar-refractivity contribution in [2.75, 3.05) is 33.2 Å². The summed E-state index contributed by atoms with van der Waals surface area (Å²) in [7, 11) is 2.04. The van der Waals surface area contributed by atoms with E-state index in [0.29, 0.717) is 35.2 Å². The van der Waals surface area contributed by atoms with Gasteiger partial charge in [-0.15, -0.1) is 11.3 Å². The van der Waals surface area contributed by atoms with Crippen molar-refractivity contribution in [3.8, 4) is 0 Å². The van der Waals surface area contributed by atoms with Crippen LogP contribution in [0.4, 0.5) is 0 Å². The number of thiazole rings is 1. The fourth-order valence-electron chi connectivity index (χ4n) is 4.80. The number of H-pyrrole nitrogens is 1. The number of carboxylic acid groups (broad SMARTS) is 1. The molecule has 1 unspecified atom stereocenters. The second-order valence-electron chi connectivity index (χ2n) is 9.37. The number of aromatic amines is 1. The van der Waals surface area contributed by atoms with Crippen LogP contribution in [0.25, 0.3) is 10.9 Å². The van der Waals surface area contributed by atoms with Gasteiger partial charge in [0.05, 0.1) is 24.3 Å². The smallest absolute Gasteiger partial charge is 0.317 e. The van der Waals surface area contributed by atoms with Gasteiger partial charge in [0.2, 0.25) is 0 Å². The SMILES string of the molecule is CN1CCc2nc(C(=O)NC3CN(CC(=O)O)CC[C@@H]3NC(=O)c3cc4cc(Cl)ccc4[nH]3)sc2C1. The van der Waals surface area contributed by atoms with Crippen molar-refractivity contribution < 1.29 is 19.5 Å². The van der Waals surface area contributed by atoms with Crippen molar-refractivity contribution in [3.63, 3.8) is 0 Å². The minimum Gasteiger partial charge on any atom is -0.480 e. The van der Waals surface area contributed by atoms with Gasteiger partial charge in [-0.3, -0.25) is 19.3 Å². The van der Waals surface area contributed by atoms with Crippen LogP contribution in [-0.4, -0.2) is 88.0 Å². The number of nitrogens with zero attached hydrogens (tertiary/aromatic N) is 3. The predicted octanol–water partition coefficient (Wildman–Crippen LogP) is 1.95. The van der Waals surface area contributed by atoms with Gasteiger partial charge in [0.1, 0.15) is 5.69 Å². The quantitative estimate of drug-likeness (QED) is 0.383. The summed E-state index contributed by atoms with van der Waals surface area (Å²) >= 11 is 7.45. The number of carbonyl (C=O) groups excluding carboxylic acids is 2. The summed E-state index contributed by atoms with van der Waals surface area (Å²) in [5.74, 6) is -1.54. The molecule has 1 saturated heterocycles. The lowest BCUT2D eigenvalue weighted by molar-refractivity contribution is -0.138. The Balaban J connectivity index is 1.32. The number of hydrogen-bond acceptors (Lipinski definition) is 7. The van der Waals surface area contributed by atoms with E-state index >= 15 is 0 Å². The Morgan fingerprint density at radius 3 is 2.81 bits per heavy atom. The van der Waals surface area contributed by atoms with Crippen LogP contribution in [0.5, 0.6) is 0 Å². The first-order valence-corrected chi connectivity index (χ1v) is 13.0. The van der Waals surface area contributed by atoms with Crippen LogP contribution >= 0.6 is 22.9 Å². The van der Waals surface area contributed by atoms with E-state index in [-0.39, 0.29) is 24.4 Å². The van der Waals surface area contributed by atoms with E-state index in [9.17, 15) is 19.5 Å². The Morgan fingerprint density at radius 2 is 2.00 bits per heavy atom. The summed E-state index contributed by atoms with van der Waals surface area (Å²) in [6, 6.07) is 6.23. The minimum atomic E-state index is -0.934. The van der Waals surface area contributed by atoms with Crippen LogP contribution in [0.2, 0.25) is 5.02 Å². The van der Waals surface area contributed by atoms with E-state index in [2.05, 4.69) is 25.5 Å². The lowest BCUT2D eigenvalue weighted by Crippen LogP contribution is -2.61. The molecule has 10 nitrogen and oxygen atoms in total. The van der Waals surface area contributed by atoms with E-state index in [1.165, 1.54) is 11.3 Å². The number of aliphatic carboxylic acids is 1. The van der Waals surface area contributed by atoms with Crippen LogP contribution in [0.1, 0.15) is 37.3 Å². The second-order valence-corrected chi connectivity index (χ2v) is 10.9. The molecule has 0 aliphatic carbocycles. The lowest BCUT2D eigenvalue weighted by Gasteiger charge is -2.38. The highest BCUT2D eigenvalue weighted by atomic mass is 35.5. The average molecular weight is 531 g/mol. The molecule has 3 aromatic rings. The summed E-state index contributed by atoms with van der Waals surface area (Å²) in [6.45, 7) is 2.33. The summed E-state index contributed by atoms with van der Waals surface area (Å²) in [5.41, 5.74) is 2.15. The number of hydrogen-bond donors (Lipinski definition) is 4. The highest BCUT2D eigenvalue weighted by molar-refractivity contribution is 7.13. The number of piperidine rings is 1. The summed E-state index contributed by atoms with van der Waals surface area (Å²) in [6.07, 6.45) is 1.30. The lowest BCUT2D eigenvalue weighted by atomic mass is 9.98. The maximum Gasteiger partial charge on any atom is 0.317 e. The molecule has 2 aromatic heterocycles. The summed E-state index contributed by atoms with van der Waals surface area (Å²) < 4.78 is 0. The molecule has 2 aliphatic heterocycles. The summed E-state index contributed by atoms with van der Waals surface area (Å²) in [5, 5.41) is 17.1. The molecule has 4 heterocycles. The second kappa shape index (κ2) is 10.2. The molecule has 2 amide bonds. The molecule has 0 saturated carbocycles. The van der Waals surface area contributed by atoms with Gasteiger partial charge >= 0.3 is 5.97 Å². The van der Waals surface area contributed by atoms with Gasteiger partial charge in [-0.25, -0.2) is 4.98 Å². The average Bonchev–Trinajstić information content (AvgIpc) is 3.44. The number of benzene rings is 1. The molecule has 2 atom stereocenters. The molecule has 5 rings (SSSR count). The summed E-state index contributed by atoms with van der Waals surface area (Å²) in [4.78, 5) is 50.2. The monoisotopic (exact) mass is 530 g/mol. The van der Waals surface area contributed by atoms with E-state index in [1.807, 2.05) is 13.1 Å². The fraction of sp³-hybridized carbons (Fsp3) is 0.417. The van der Waals surface area contributed by atoms with Crippen molar-refractivity contribution in [1.82, 2.24) is 30.4 Å². The third-order valence-corrected chi connectivity index (χ3v) is 7.95. The minimum absolute atomic E-state index is 0.131. The van der Waals surface area contributed by atoms with Gasteiger partial charge in [-0.2, -0.15) is 0 Å². The topological polar surface area (TPSA) is 131 Å². The van der Waals surface area contributed by atoms with Crippen molar-refractivity contribution >= 4 is 51.6 Å². The van der Waals surface area contributed by atoms with Crippen molar-refractivity contribution in [2.45, 2.75) is 31.5 Å².